The smallest absolute Gasteiger partial charge is 0.287 e. The summed E-state index contributed by atoms with van der Waals surface area (Å²) in [6.45, 7) is 11.5. The van der Waals surface area contributed by atoms with Crippen molar-refractivity contribution in [2.75, 3.05) is 0 Å². The zero-order chi connectivity index (χ0) is 16.0. The van der Waals surface area contributed by atoms with Crippen LogP contribution < -0.4 is 5.32 Å². The number of nitrogens with one attached hydrogen (secondary N) is 1. The fourth-order valence-electron chi connectivity index (χ4n) is 1.86. The van der Waals surface area contributed by atoms with Gasteiger partial charge in [-0.05, 0) is 26.0 Å². The molecule has 0 aliphatic rings. The number of furan rings is 1. The molecular formula is C17H23NO3. The lowest BCUT2D eigenvalue weighted by Crippen LogP contribution is -2.38. The van der Waals surface area contributed by atoms with Gasteiger partial charge in [0.2, 0.25) is 0 Å². The van der Waals surface area contributed by atoms with E-state index >= 15 is 0 Å². The second-order valence-corrected chi connectivity index (χ2v) is 5.10. The van der Waals surface area contributed by atoms with E-state index in [1.165, 1.54) is 12.1 Å². The zero-order valence-corrected chi connectivity index (χ0v) is 13.1. The van der Waals surface area contributed by atoms with E-state index in [1.807, 2.05) is 32.9 Å². The molecule has 1 rings (SSSR count). The molecule has 1 amide bonds. The van der Waals surface area contributed by atoms with E-state index < -0.39 is 0 Å². The summed E-state index contributed by atoms with van der Waals surface area (Å²) in [5.74, 6) is 0.0287. The fourth-order valence-corrected chi connectivity index (χ4v) is 1.86. The molecule has 0 bridgehead atoms. The Kier molecular flexibility index (Phi) is 6.15. The third-order valence-electron chi connectivity index (χ3n) is 3.44. The fraction of sp³-hybridized carbons (Fsp3) is 0.412. The number of carbonyl (C=O) groups is 2. The second-order valence-electron chi connectivity index (χ2n) is 5.10. The molecule has 1 aromatic heterocycles. The van der Waals surface area contributed by atoms with Gasteiger partial charge in [-0.2, -0.15) is 0 Å². The summed E-state index contributed by atoms with van der Waals surface area (Å²) < 4.78 is 5.31. The molecule has 0 saturated carbocycles. The number of allylic oxidation sites excluding steroid dienone is 1. The van der Waals surface area contributed by atoms with E-state index in [0.717, 1.165) is 5.57 Å². The topological polar surface area (TPSA) is 59.3 Å². The van der Waals surface area contributed by atoms with E-state index in [0.29, 0.717) is 6.42 Å². The molecule has 4 heteroatoms. The molecule has 0 aliphatic carbocycles. The van der Waals surface area contributed by atoms with Gasteiger partial charge in [-0.3, -0.25) is 9.59 Å². The van der Waals surface area contributed by atoms with Crippen LogP contribution in [-0.2, 0) is 0 Å². The molecule has 4 nitrogen and oxygen atoms in total. The standard InChI is InChI=1S/C17H23NO3/c1-6-8-13(12(5)11(3)4)18-17(20)16-10-9-15(21-16)14(19)7-2/h6,8-10,12-13H,3,7H2,1-2,4-5H3,(H,18,20)/b8-6-. The molecule has 21 heavy (non-hydrogen) atoms. The van der Waals surface area contributed by atoms with Crippen molar-refractivity contribution in [2.45, 2.75) is 40.2 Å². The van der Waals surface area contributed by atoms with Crippen LogP contribution in [0.25, 0.3) is 0 Å². The van der Waals surface area contributed by atoms with Crippen LogP contribution in [0.4, 0.5) is 0 Å². The minimum Gasteiger partial charge on any atom is -0.448 e. The summed E-state index contributed by atoms with van der Waals surface area (Å²) in [7, 11) is 0. The van der Waals surface area contributed by atoms with Crippen LogP contribution in [0.1, 0.15) is 55.2 Å². The SMILES string of the molecule is C=C(C)C(C)C(/C=C\C)NC(=O)c1ccc(C(=O)CC)o1. The van der Waals surface area contributed by atoms with E-state index in [-0.39, 0.29) is 35.2 Å². The molecule has 0 saturated heterocycles. The minimum atomic E-state index is -0.332. The van der Waals surface area contributed by atoms with Crippen molar-refractivity contribution in [2.24, 2.45) is 5.92 Å². The van der Waals surface area contributed by atoms with Crippen LogP contribution in [0.5, 0.6) is 0 Å². The third kappa shape index (κ3) is 4.45. The molecule has 0 fully saturated rings. The maximum Gasteiger partial charge on any atom is 0.287 e. The Bertz CT molecular complexity index is 554. The summed E-state index contributed by atoms with van der Waals surface area (Å²) in [5.41, 5.74) is 0.986. The lowest BCUT2D eigenvalue weighted by atomic mass is 9.95. The van der Waals surface area contributed by atoms with E-state index in [1.54, 1.807) is 6.92 Å². The first-order valence-electron chi connectivity index (χ1n) is 7.12. The molecule has 0 aliphatic heterocycles. The molecule has 1 heterocycles. The van der Waals surface area contributed by atoms with Gasteiger partial charge in [0.15, 0.2) is 17.3 Å². The van der Waals surface area contributed by atoms with E-state index in [2.05, 4.69) is 11.9 Å². The number of ketones is 1. The Morgan fingerprint density at radius 2 is 2.00 bits per heavy atom. The highest BCUT2D eigenvalue weighted by Gasteiger charge is 2.21. The Hall–Kier alpha value is -2.10. The Balaban J connectivity index is 2.85. The van der Waals surface area contributed by atoms with Gasteiger partial charge < -0.3 is 9.73 Å². The van der Waals surface area contributed by atoms with Crippen LogP contribution in [0.15, 0.2) is 40.9 Å². The predicted molar refractivity (Wildman–Crippen MR) is 83.4 cm³/mol. The van der Waals surface area contributed by atoms with Crippen molar-refractivity contribution in [1.29, 1.82) is 0 Å². The molecular weight excluding hydrogens is 266 g/mol. The number of hydrogen-bond donors (Lipinski definition) is 1. The molecule has 0 radical (unpaired) electrons. The third-order valence-corrected chi connectivity index (χ3v) is 3.44. The lowest BCUT2D eigenvalue weighted by Gasteiger charge is -2.22. The van der Waals surface area contributed by atoms with Crippen LogP contribution in [0, 0.1) is 5.92 Å². The average molecular weight is 289 g/mol. The van der Waals surface area contributed by atoms with E-state index in [9.17, 15) is 9.59 Å². The van der Waals surface area contributed by atoms with Crippen molar-refractivity contribution in [3.63, 3.8) is 0 Å². The van der Waals surface area contributed by atoms with Gasteiger partial charge in [-0.25, -0.2) is 0 Å². The first-order valence-corrected chi connectivity index (χ1v) is 7.12. The van der Waals surface area contributed by atoms with Crippen molar-refractivity contribution in [3.05, 3.63) is 48.0 Å². The van der Waals surface area contributed by atoms with Gasteiger partial charge >= 0.3 is 0 Å². The Morgan fingerprint density at radius 1 is 1.38 bits per heavy atom. The molecule has 2 atom stereocenters. The highest BCUT2D eigenvalue weighted by atomic mass is 16.4. The highest BCUT2D eigenvalue weighted by Crippen LogP contribution is 2.16. The molecule has 0 aromatic carbocycles. The minimum absolute atomic E-state index is 0.108. The predicted octanol–water partition coefficient (Wildman–Crippen LogP) is 3.76. The normalized spacial score (nSPS) is 13.9. The van der Waals surface area contributed by atoms with Crippen molar-refractivity contribution < 1.29 is 14.0 Å². The largest absolute Gasteiger partial charge is 0.448 e. The van der Waals surface area contributed by atoms with Crippen molar-refractivity contribution >= 4 is 11.7 Å². The van der Waals surface area contributed by atoms with Crippen molar-refractivity contribution in [3.8, 4) is 0 Å². The average Bonchev–Trinajstić information content (AvgIpc) is 2.94. The quantitative estimate of drug-likeness (QED) is 0.614. The van der Waals surface area contributed by atoms with Gasteiger partial charge in [-0.1, -0.05) is 38.2 Å². The zero-order valence-electron chi connectivity index (χ0n) is 13.1. The van der Waals surface area contributed by atoms with Gasteiger partial charge in [0, 0.05) is 12.3 Å². The number of rotatable bonds is 7. The maximum atomic E-state index is 12.2. The second kappa shape index (κ2) is 7.62. The van der Waals surface area contributed by atoms with Crippen LogP contribution >= 0.6 is 0 Å². The first-order chi connectivity index (χ1) is 9.90. The van der Waals surface area contributed by atoms with Gasteiger partial charge in [0.1, 0.15) is 0 Å². The maximum absolute atomic E-state index is 12.2. The van der Waals surface area contributed by atoms with Gasteiger partial charge in [0.25, 0.3) is 5.91 Å². The summed E-state index contributed by atoms with van der Waals surface area (Å²) in [4.78, 5) is 23.7. The van der Waals surface area contributed by atoms with E-state index in [4.69, 9.17) is 4.42 Å². The van der Waals surface area contributed by atoms with Crippen LogP contribution in [0.2, 0.25) is 0 Å². The van der Waals surface area contributed by atoms with Crippen molar-refractivity contribution in [1.82, 2.24) is 5.32 Å². The van der Waals surface area contributed by atoms with Crippen LogP contribution in [-0.4, -0.2) is 17.7 Å². The van der Waals surface area contributed by atoms with Crippen LogP contribution in [0.3, 0.4) is 0 Å². The molecule has 2 unspecified atom stereocenters. The lowest BCUT2D eigenvalue weighted by molar-refractivity contribution is 0.0900. The summed E-state index contributed by atoms with van der Waals surface area (Å²) >= 11 is 0. The highest BCUT2D eigenvalue weighted by molar-refractivity contribution is 5.96. The number of amides is 1. The summed E-state index contributed by atoms with van der Waals surface area (Å²) in [6.07, 6.45) is 4.15. The summed E-state index contributed by atoms with van der Waals surface area (Å²) in [6, 6.07) is 2.90. The molecule has 0 spiro atoms. The van der Waals surface area contributed by atoms with Gasteiger partial charge in [-0.15, -0.1) is 0 Å². The monoisotopic (exact) mass is 289 g/mol. The first kappa shape index (κ1) is 17.0. The Morgan fingerprint density at radius 3 is 2.52 bits per heavy atom. The molecule has 1 N–H and O–H groups in total. The Labute approximate surface area is 125 Å². The van der Waals surface area contributed by atoms with Gasteiger partial charge in [0.05, 0.1) is 6.04 Å². The molecule has 114 valence electrons. The number of Topliss-reactive ketones (excluding diaryl/α,β-unsaturated/α-hetero) is 1. The number of hydrogen-bond acceptors (Lipinski definition) is 3. The molecule has 1 aromatic rings. The summed E-state index contributed by atoms with van der Waals surface area (Å²) in [5, 5.41) is 2.89. The number of carbonyl (C=O) groups excluding carboxylic acids is 2.